The van der Waals surface area contributed by atoms with E-state index >= 15 is 0 Å². The second-order valence-corrected chi connectivity index (χ2v) is 5.74. The molecular formula is C19H16O. The Labute approximate surface area is 119 Å². The molecule has 4 rings (SSSR count). The van der Waals surface area contributed by atoms with Gasteiger partial charge in [0.25, 0.3) is 0 Å². The summed E-state index contributed by atoms with van der Waals surface area (Å²) in [5.74, 6) is 1.94. The van der Waals surface area contributed by atoms with E-state index in [1.807, 2.05) is 6.07 Å². The average molecular weight is 260 g/mol. The Bertz CT molecular complexity index is 754. The Morgan fingerprint density at radius 1 is 1.05 bits per heavy atom. The van der Waals surface area contributed by atoms with Crippen molar-refractivity contribution in [3.05, 3.63) is 83.5 Å². The van der Waals surface area contributed by atoms with Crippen LogP contribution in [0.25, 0.3) is 0 Å². The minimum Gasteiger partial charge on any atom is -0.457 e. The highest BCUT2D eigenvalue weighted by atomic mass is 16.5. The van der Waals surface area contributed by atoms with Gasteiger partial charge in [-0.05, 0) is 31.0 Å². The molecule has 0 radical (unpaired) electrons. The quantitative estimate of drug-likeness (QED) is 0.654. The lowest BCUT2D eigenvalue weighted by Gasteiger charge is -2.36. The number of hydrogen-bond acceptors (Lipinski definition) is 1. The largest absolute Gasteiger partial charge is 0.457 e. The zero-order chi connectivity index (χ0) is 13.7. The van der Waals surface area contributed by atoms with Gasteiger partial charge in [0.2, 0.25) is 0 Å². The van der Waals surface area contributed by atoms with Crippen molar-refractivity contribution in [3.8, 4) is 11.5 Å². The van der Waals surface area contributed by atoms with Gasteiger partial charge in [-0.25, -0.2) is 0 Å². The third-order valence-corrected chi connectivity index (χ3v) is 4.31. The monoisotopic (exact) mass is 260 g/mol. The third kappa shape index (κ3) is 1.44. The maximum Gasteiger partial charge on any atom is 0.132 e. The molecule has 1 atom stereocenters. The van der Waals surface area contributed by atoms with Crippen LogP contribution in [0.15, 0.2) is 66.8 Å². The van der Waals surface area contributed by atoms with Gasteiger partial charge in [-0.15, -0.1) is 0 Å². The van der Waals surface area contributed by atoms with Crippen molar-refractivity contribution in [2.45, 2.75) is 18.8 Å². The van der Waals surface area contributed by atoms with E-state index in [4.69, 9.17) is 4.74 Å². The summed E-state index contributed by atoms with van der Waals surface area (Å²) in [6.45, 7) is 6.24. The van der Waals surface area contributed by atoms with Crippen molar-refractivity contribution in [1.82, 2.24) is 0 Å². The molecule has 1 aliphatic carbocycles. The molecule has 0 aromatic heterocycles. The molecular weight excluding hydrogens is 244 g/mol. The summed E-state index contributed by atoms with van der Waals surface area (Å²) in [5.41, 5.74) is 4.78. The topological polar surface area (TPSA) is 9.23 Å². The molecule has 1 heterocycles. The van der Waals surface area contributed by atoms with Crippen LogP contribution in [-0.4, -0.2) is 0 Å². The van der Waals surface area contributed by atoms with E-state index in [0.29, 0.717) is 0 Å². The average Bonchev–Trinajstić information content (AvgIpc) is 2.82. The van der Waals surface area contributed by atoms with E-state index in [1.165, 1.54) is 22.3 Å². The summed E-state index contributed by atoms with van der Waals surface area (Å²) in [5, 5.41) is 0. The molecule has 20 heavy (non-hydrogen) atoms. The molecule has 2 aromatic carbocycles. The van der Waals surface area contributed by atoms with Gasteiger partial charge in [-0.2, -0.15) is 0 Å². The van der Waals surface area contributed by atoms with Crippen LogP contribution in [0.3, 0.4) is 0 Å². The lowest BCUT2D eigenvalue weighted by Crippen LogP contribution is -2.27. The van der Waals surface area contributed by atoms with E-state index in [0.717, 1.165) is 17.9 Å². The molecule has 1 spiro atoms. The normalized spacial score (nSPS) is 22.6. The number of ether oxygens (including phenoxy) is 1. The van der Waals surface area contributed by atoms with Crippen molar-refractivity contribution in [2.24, 2.45) is 0 Å². The molecule has 98 valence electrons. The van der Waals surface area contributed by atoms with Gasteiger partial charge in [0.15, 0.2) is 0 Å². The molecule has 1 unspecified atom stereocenters. The van der Waals surface area contributed by atoms with E-state index in [9.17, 15) is 0 Å². The number of aryl methyl sites for hydroxylation is 1. The highest BCUT2D eigenvalue weighted by molar-refractivity contribution is 5.63. The van der Waals surface area contributed by atoms with Gasteiger partial charge in [-0.1, -0.05) is 54.6 Å². The van der Waals surface area contributed by atoms with Gasteiger partial charge >= 0.3 is 0 Å². The molecule has 0 amide bonds. The second kappa shape index (κ2) is 3.86. The first-order valence-electron chi connectivity index (χ1n) is 6.94. The van der Waals surface area contributed by atoms with E-state index < -0.39 is 0 Å². The van der Waals surface area contributed by atoms with Crippen LogP contribution in [0.2, 0.25) is 0 Å². The summed E-state index contributed by atoms with van der Waals surface area (Å²) in [7, 11) is 0. The number of para-hydroxylation sites is 1. The van der Waals surface area contributed by atoms with E-state index in [-0.39, 0.29) is 5.41 Å². The number of rotatable bonds is 0. The zero-order valence-corrected chi connectivity index (χ0v) is 11.5. The van der Waals surface area contributed by atoms with Crippen molar-refractivity contribution in [2.75, 3.05) is 0 Å². The maximum atomic E-state index is 6.12. The summed E-state index contributed by atoms with van der Waals surface area (Å²) in [6.07, 6.45) is 5.36. The number of fused-ring (bicyclic) bond motifs is 4. The predicted octanol–water partition coefficient (Wildman–Crippen LogP) is 4.90. The fourth-order valence-electron chi connectivity index (χ4n) is 3.38. The molecule has 0 saturated carbocycles. The van der Waals surface area contributed by atoms with E-state index in [1.54, 1.807) is 0 Å². The number of benzene rings is 2. The van der Waals surface area contributed by atoms with Gasteiger partial charge < -0.3 is 4.74 Å². The van der Waals surface area contributed by atoms with Crippen molar-refractivity contribution in [3.63, 3.8) is 0 Å². The molecule has 2 aromatic rings. The fraction of sp³-hybridized carbons (Fsp3) is 0.158. The minimum absolute atomic E-state index is 0.102. The van der Waals surface area contributed by atoms with Crippen LogP contribution in [-0.2, 0) is 5.41 Å². The van der Waals surface area contributed by atoms with E-state index in [2.05, 4.69) is 62.1 Å². The maximum absolute atomic E-state index is 6.12. The Hall–Kier alpha value is -2.28. The van der Waals surface area contributed by atoms with Gasteiger partial charge in [0, 0.05) is 16.5 Å². The van der Waals surface area contributed by atoms with Crippen molar-refractivity contribution >= 4 is 0 Å². The summed E-state index contributed by atoms with van der Waals surface area (Å²) in [4.78, 5) is 0. The van der Waals surface area contributed by atoms with Gasteiger partial charge in [-0.3, -0.25) is 0 Å². The standard InChI is InChI=1S/C19H16O/c1-13-7-8-16-18(11-13)20-17-6-4-3-5-15(17)19(16)10-9-14(2)12-19/h3-11H,2,12H2,1H3. The lowest BCUT2D eigenvalue weighted by atomic mass is 9.71. The third-order valence-electron chi connectivity index (χ3n) is 4.31. The van der Waals surface area contributed by atoms with Crippen LogP contribution in [0.1, 0.15) is 23.1 Å². The van der Waals surface area contributed by atoms with Crippen LogP contribution < -0.4 is 4.74 Å². The Morgan fingerprint density at radius 2 is 1.85 bits per heavy atom. The molecule has 1 heteroatoms. The Kier molecular flexibility index (Phi) is 2.23. The second-order valence-electron chi connectivity index (χ2n) is 5.74. The Morgan fingerprint density at radius 3 is 2.65 bits per heavy atom. The molecule has 1 aliphatic heterocycles. The zero-order valence-electron chi connectivity index (χ0n) is 11.5. The lowest BCUT2D eigenvalue weighted by molar-refractivity contribution is 0.424. The predicted molar refractivity (Wildman–Crippen MR) is 81.4 cm³/mol. The van der Waals surface area contributed by atoms with Crippen LogP contribution in [0.4, 0.5) is 0 Å². The highest BCUT2D eigenvalue weighted by Crippen LogP contribution is 2.54. The van der Waals surface area contributed by atoms with Crippen LogP contribution in [0.5, 0.6) is 11.5 Å². The van der Waals surface area contributed by atoms with Gasteiger partial charge in [0.05, 0.1) is 0 Å². The van der Waals surface area contributed by atoms with Crippen LogP contribution >= 0.6 is 0 Å². The number of hydrogen-bond donors (Lipinski definition) is 0. The summed E-state index contributed by atoms with van der Waals surface area (Å²) >= 11 is 0. The van der Waals surface area contributed by atoms with Gasteiger partial charge in [0.1, 0.15) is 11.5 Å². The molecule has 0 bridgehead atoms. The summed E-state index contributed by atoms with van der Waals surface area (Å²) in [6, 6.07) is 14.8. The first-order valence-corrected chi connectivity index (χ1v) is 6.94. The molecule has 1 nitrogen and oxygen atoms in total. The van der Waals surface area contributed by atoms with Crippen molar-refractivity contribution < 1.29 is 4.74 Å². The first-order chi connectivity index (χ1) is 9.69. The fourth-order valence-corrected chi connectivity index (χ4v) is 3.38. The highest BCUT2D eigenvalue weighted by Gasteiger charge is 2.42. The molecule has 0 N–H and O–H groups in total. The minimum atomic E-state index is -0.102. The van der Waals surface area contributed by atoms with Crippen LogP contribution in [0, 0.1) is 6.92 Å². The SMILES string of the molecule is C=C1C=CC2(C1)c1ccccc1Oc1cc(C)ccc12. The first kappa shape index (κ1) is 11.5. The Balaban J connectivity index is 2.03. The summed E-state index contributed by atoms with van der Waals surface area (Å²) < 4.78 is 6.12. The molecule has 0 saturated heterocycles. The number of allylic oxidation sites excluding steroid dienone is 3. The molecule has 2 aliphatic rings. The smallest absolute Gasteiger partial charge is 0.132 e. The molecule has 0 fully saturated rings. The van der Waals surface area contributed by atoms with Crippen molar-refractivity contribution in [1.29, 1.82) is 0 Å².